The quantitative estimate of drug-likeness (QED) is 0.776. The van der Waals surface area contributed by atoms with E-state index in [-0.39, 0.29) is 6.04 Å². The Kier molecular flexibility index (Phi) is 5.53. The summed E-state index contributed by atoms with van der Waals surface area (Å²) in [4.78, 5) is 0. The third kappa shape index (κ3) is 3.62. The molecule has 3 heteroatoms. The third-order valence-electron chi connectivity index (χ3n) is 2.67. The first-order valence-corrected chi connectivity index (χ1v) is 6.54. The molecule has 0 heterocycles. The Morgan fingerprint density at radius 1 is 1.56 bits per heavy atom. The van der Waals surface area contributed by atoms with Gasteiger partial charge in [0.1, 0.15) is 0 Å². The molecule has 0 fully saturated rings. The van der Waals surface area contributed by atoms with Crippen LogP contribution >= 0.6 is 27.5 Å². The van der Waals surface area contributed by atoms with Crippen molar-refractivity contribution in [3.8, 4) is 0 Å². The third-order valence-corrected chi connectivity index (χ3v) is 3.51. The molecule has 1 aromatic rings. The molecule has 0 saturated heterocycles. The maximum Gasteiger partial charge on any atom is 0.0454 e. The lowest BCUT2D eigenvalue weighted by atomic mass is 9.98. The minimum atomic E-state index is 0.234. The van der Waals surface area contributed by atoms with Crippen molar-refractivity contribution in [3.05, 3.63) is 45.4 Å². The van der Waals surface area contributed by atoms with Gasteiger partial charge in [0, 0.05) is 15.5 Å². The van der Waals surface area contributed by atoms with Gasteiger partial charge in [0.25, 0.3) is 0 Å². The first kappa shape index (κ1) is 13.8. The van der Waals surface area contributed by atoms with Gasteiger partial charge in [0.15, 0.2) is 0 Å². The monoisotopic (exact) mass is 301 g/mol. The van der Waals surface area contributed by atoms with Gasteiger partial charge >= 0.3 is 0 Å². The maximum absolute atomic E-state index is 6.21. The van der Waals surface area contributed by atoms with Crippen LogP contribution in [-0.4, -0.2) is 7.05 Å². The molecule has 0 bridgehead atoms. The zero-order valence-corrected chi connectivity index (χ0v) is 12.0. The van der Waals surface area contributed by atoms with Crippen molar-refractivity contribution in [2.45, 2.75) is 25.8 Å². The molecule has 88 valence electrons. The summed E-state index contributed by atoms with van der Waals surface area (Å²) in [5.41, 5.74) is 2.35. The highest BCUT2D eigenvalue weighted by Crippen LogP contribution is 2.30. The van der Waals surface area contributed by atoms with Crippen LogP contribution in [0.3, 0.4) is 0 Å². The van der Waals surface area contributed by atoms with Gasteiger partial charge in [0.2, 0.25) is 0 Å². The molecule has 0 aromatic heterocycles. The van der Waals surface area contributed by atoms with E-state index >= 15 is 0 Å². The second-order valence-electron chi connectivity index (χ2n) is 3.81. The molecule has 1 nitrogen and oxygen atoms in total. The molecule has 0 amide bonds. The SMILES string of the molecule is C=C(CC)CC(NC)c1cc(Br)ccc1Cl. The van der Waals surface area contributed by atoms with Gasteiger partial charge in [-0.25, -0.2) is 0 Å². The molecule has 1 aromatic carbocycles. The summed E-state index contributed by atoms with van der Waals surface area (Å²) >= 11 is 9.67. The Bertz CT molecular complexity index is 376. The zero-order valence-electron chi connectivity index (χ0n) is 9.69. The van der Waals surface area contributed by atoms with E-state index in [2.05, 4.69) is 40.8 Å². The summed E-state index contributed by atoms with van der Waals surface area (Å²) in [5, 5.41) is 4.08. The fourth-order valence-corrected chi connectivity index (χ4v) is 2.21. The van der Waals surface area contributed by atoms with E-state index in [9.17, 15) is 0 Å². The summed E-state index contributed by atoms with van der Waals surface area (Å²) in [6, 6.07) is 6.16. The van der Waals surface area contributed by atoms with Crippen molar-refractivity contribution < 1.29 is 0 Å². The van der Waals surface area contributed by atoms with E-state index in [0.29, 0.717) is 0 Å². The first-order chi connectivity index (χ1) is 7.58. The number of nitrogens with one attached hydrogen (secondary N) is 1. The van der Waals surface area contributed by atoms with Crippen LogP contribution in [0.5, 0.6) is 0 Å². The van der Waals surface area contributed by atoms with Gasteiger partial charge in [0.05, 0.1) is 0 Å². The Morgan fingerprint density at radius 2 is 2.25 bits per heavy atom. The van der Waals surface area contributed by atoms with E-state index in [0.717, 1.165) is 27.9 Å². The van der Waals surface area contributed by atoms with Crippen LogP contribution in [0.25, 0.3) is 0 Å². The molecule has 1 atom stereocenters. The van der Waals surface area contributed by atoms with Gasteiger partial charge in [-0.15, -0.1) is 0 Å². The lowest BCUT2D eigenvalue weighted by molar-refractivity contribution is 0.582. The highest BCUT2D eigenvalue weighted by molar-refractivity contribution is 9.10. The highest BCUT2D eigenvalue weighted by Gasteiger charge is 2.13. The number of rotatable bonds is 5. The molecular formula is C13H17BrClN. The second-order valence-corrected chi connectivity index (χ2v) is 5.14. The normalized spacial score (nSPS) is 12.5. The van der Waals surface area contributed by atoms with Gasteiger partial charge in [-0.1, -0.05) is 46.6 Å². The van der Waals surface area contributed by atoms with Crippen molar-refractivity contribution in [2.24, 2.45) is 0 Å². The highest BCUT2D eigenvalue weighted by atomic mass is 79.9. The Labute approximate surface area is 111 Å². The summed E-state index contributed by atoms with van der Waals surface area (Å²) < 4.78 is 1.05. The maximum atomic E-state index is 6.21. The Hall–Kier alpha value is -0.310. The molecular weight excluding hydrogens is 286 g/mol. The molecule has 0 aliphatic heterocycles. The van der Waals surface area contributed by atoms with Crippen molar-refractivity contribution in [3.63, 3.8) is 0 Å². The zero-order chi connectivity index (χ0) is 12.1. The molecule has 0 aliphatic carbocycles. The molecule has 1 rings (SSSR count). The fourth-order valence-electron chi connectivity index (χ4n) is 1.58. The topological polar surface area (TPSA) is 12.0 Å². The first-order valence-electron chi connectivity index (χ1n) is 5.37. The van der Waals surface area contributed by atoms with Crippen LogP contribution in [-0.2, 0) is 0 Å². The van der Waals surface area contributed by atoms with Crippen LogP contribution in [0.1, 0.15) is 31.4 Å². The van der Waals surface area contributed by atoms with Crippen LogP contribution in [0.4, 0.5) is 0 Å². The molecule has 0 spiro atoms. The molecule has 0 aliphatic rings. The predicted molar refractivity (Wildman–Crippen MR) is 75.0 cm³/mol. The number of benzene rings is 1. The summed E-state index contributed by atoms with van der Waals surface area (Å²) in [6.07, 6.45) is 1.92. The summed E-state index contributed by atoms with van der Waals surface area (Å²) in [6.45, 7) is 6.17. The van der Waals surface area contributed by atoms with Gasteiger partial charge in [-0.05, 0) is 43.7 Å². The molecule has 0 saturated carbocycles. The van der Waals surface area contributed by atoms with Crippen LogP contribution in [0.2, 0.25) is 5.02 Å². The van der Waals surface area contributed by atoms with Crippen LogP contribution < -0.4 is 5.32 Å². The Morgan fingerprint density at radius 3 is 2.81 bits per heavy atom. The minimum Gasteiger partial charge on any atom is -0.313 e. The molecule has 1 N–H and O–H groups in total. The second kappa shape index (κ2) is 6.43. The number of hydrogen-bond acceptors (Lipinski definition) is 1. The Balaban J connectivity index is 2.94. The smallest absolute Gasteiger partial charge is 0.0454 e. The van der Waals surface area contributed by atoms with E-state index in [1.807, 2.05) is 19.2 Å². The minimum absolute atomic E-state index is 0.234. The lowest BCUT2D eigenvalue weighted by Gasteiger charge is -2.19. The molecule has 1 unspecified atom stereocenters. The van der Waals surface area contributed by atoms with Crippen molar-refractivity contribution >= 4 is 27.5 Å². The molecule has 0 radical (unpaired) electrons. The van der Waals surface area contributed by atoms with E-state index in [1.165, 1.54) is 5.57 Å². The van der Waals surface area contributed by atoms with Crippen molar-refractivity contribution in [1.29, 1.82) is 0 Å². The van der Waals surface area contributed by atoms with E-state index in [4.69, 9.17) is 11.6 Å². The largest absolute Gasteiger partial charge is 0.313 e. The fraction of sp³-hybridized carbons (Fsp3) is 0.385. The molecule has 16 heavy (non-hydrogen) atoms. The average molecular weight is 303 g/mol. The lowest BCUT2D eigenvalue weighted by Crippen LogP contribution is -2.17. The van der Waals surface area contributed by atoms with Crippen molar-refractivity contribution in [1.82, 2.24) is 5.32 Å². The average Bonchev–Trinajstić information content (AvgIpc) is 2.29. The van der Waals surface area contributed by atoms with Gasteiger partial charge < -0.3 is 5.32 Å². The van der Waals surface area contributed by atoms with E-state index in [1.54, 1.807) is 0 Å². The van der Waals surface area contributed by atoms with Gasteiger partial charge in [-0.3, -0.25) is 0 Å². The summed E-state index contributed by atoms with van der Waals surface area (Å²) in [5.74, 6) is 0. The van der Waals surface area contributed by atoms with Crippen molar-refractivity contribution in [2.75, 3.05) is 7.05 Å². The number of hydrogen-bond donors (Lipinski definition) is 1. The standard InChI is InChI=1S/C13H17BrClN/c1-4-9(2)7-13(16-3)11-8-10(14)5-6-12(11)15/h5-6,8,13,16H,2,4,7H2,1,3H3. The number of halogens is 2. The summed E-state index contributed by atoms with van der Waals surface area (Å²) in [7, 11) is 1.95. The van der Waals surface area contributed by atoms with Crippen LogP contribution in [0, 0.1) is 0 Å². The van der Waals surface area contributed by atoms with Gasteiger partial charge in [-0.2, -0.15) is 0 Å². The predicted octanol–water partition coefficient (Wildman–Crippen LogP) is 4.72. The van der Waals surface area contributed by atoms with E-state index < -0.39 is 0 Å². The van der Waals surface area contributed by atoms with Crippen LogP contribution in [0.15, 0.2) is 34.8 Å².